The van der Waals surface area contributed by atoms with Crippen molar-refractivity contribution in [2.45, 2.75) is 39.8 Å². The van der Waals surface area contributed by atoms with Crippen molar-refractivity contribution in [2.24, 2.45) is 5.92 Å². The van der Waals surface area contributed by atoms with Crippen LogP contribution in [0.25, 0.3) is 11.0 Å². The van der Waals surface area contributed by atoms with Crippen LogP contribution in [0.4, 0.5) is 5.69 Å². The number of amides is 1. The molecule has 2 aliphatic rings. The molecule has 6 rings (SSSR count). The van der Waals surface area contributed by atoms with Gasteiger partial charge in [-0.05, 0) is 86.3 Å². The molecule has 1 amide bonds. The highest BCUT2D eigenvalue weighted by molar-refractivity contribution is 5.79. The molecule has 0 spiro atoms. The summed E-state index contributed by atoms with van der Waals surface area (Å²) in [5.74, 6) is 2.29. The minimum Gasteiger partial charge on any atom is -0.497 e. The van der Waals surface area contributed by atoms with Gasteiger partial charge in [0.2, 0.25) is 5.91 Å². The number of imidazole rings is 1. The van der Waals surface area contributed by atoms with Crippen LogP contribution >= 0.6 is 0 Å². The summed E-state index contributed by atoms with van der Waals surface area (Å²) in [6, 6.07) is 23.3. The summed E-state index contributed by atoms with van der Waals surface area (Å²) in [4.78, 5) is 25.6. The zero-order valence-electron chi connectivity index (χ0n) is 24.6. The highest BCUT2D eigenvalue weighted by Crippen LogP contribution is 2.26. The summed E-state index contributed by atoms with van der Waals surface area (Å²) >= 11 is 0. The summed E-state index contributed by atoms with van der Waals surface area (Å²) in [6.45, 7) is 11.0. The molecule has 0 N–H and O–H groups in total. The van der Waals surface area contributed by atoms with Crippen molar-refractivity contribution >= 4 is 22.6 Å². The number of hydrogen-bond acceptors (Lipinski definition) is 5. The number of anilines is 1. The number of para-hydroxylation sites is 2. The largest absolute Gasteiger partial charge is 0.497 e. The molecular weight excluding hydrogens is 510 g/mol. The van der Waals surface area contributed by atoms with E-state index in [4.69, 9.17) is 9.72 Å². The molecule has 0 unspecified atom stereocenters. The first-order valence-electron chi connectivity index (χ1n) is 14.9. The van der Waals surface area contributed by atoms with Crippen LogP contribution in [-0.4, -0.2) is 71.6 Å². The number of piperidine rings is 1. The van der Waals surface area contributed by atoms with E-state index in [1.165, 1.54) is 22.4 Å². The molecular formula is C34H41N5O2. The van der Waals surface area contributed by atoms with E-state index in [9.17, 15) is 4.79 Å². The van der Waals surface area contributed by atoms with Gasteiger partial charge in [-0.25, -0.2) is 4.98 Å². The van der Waals surface area contributed by atoms with Crippen molar-refractivity contribution < 1.29 is 9.53 Å². The lowest BCUT2D eigenvalue weighted by atomic mass is 9.96. The second kappa shape index (κ2) is 12.0. The van der Waals surface area contributed by atoms with Gasteiger partial charge in [0.15, 0.2) is 0 Å². The minimum absolute atomic E-state index is 0.0522. The highest BCUT2D eigenvalue weighted by Gasteiger charge is 2.31. The van der Waals surface area contributed by atoms with Crippen molar-refractivity contribution in [3.63, 3.8) is 0 Å². The molecule has 41 heavy (non-hydrogen) atoms. The summed E-state index contributed by atoms with van der Waals surface area (Å²) in [5.41, 5.74) is 7.27. The van der Waals surface area contributed by atoms with Gasteiger partial charge in [-0.2, -0.15) is 0 Å². The molecule has 2 fully saturated rings. The van der Waals surface area contributed by atoms with Gasteiger partial charge in [0.1, 0.15) is 11.6 Å². The smallest absolute Gasteiger partial charge is 0.227 e. The monoisotopic (exact) mass is 551 g/mol. The Labute approximate surface area is 243 Å². The number of nitrogens with zero attached hydrogens (tertiary/aromatic N) is 5. The number of piperazine rings is 1. The lowest BCUT2D eigenvalue weighted by molar-refractivity contribution is -0.137. The maximum atomic E-state index is 13.6. The first-order chi connectivity index (χ1) is 20.0. The van der Waals surface area contributed by atoms with E-state index in [1.807, 2.05) is 18.2 Å². The third kappa shape index (κ3) is 5.96. The molecule has 7 heteroatoms. The number of hydrogen-bond donors (Lipinski definition) is 0. The van der Waals surface area contributed by atoms with Gasteiger partial charge >= 0.3 is 0 Å². The number of benzene rings is 3. The summed E-state index contributed by atoms with van der Waals surface area (Å²) < 4.78 is 7.67. The van der Waals surface area contributed by atoms with E-state index in [-0.39, 0.29) is 5.92 Å². The van der Waals surface area contributed by atoms with Crippen LogP contribution in [0.3, 0.4) is 0 Å². The van der Waals surface area contributed by atoms with E-state index in [0.29, 0.717) is 5.91 Å². The number of ether oxygens (including phenoxy) is 1. The first kappa shape index (κ1) is 27.3. The molecule has 0 saturated carbocycles. The Morgan fingerprint density at radius 1 is 0.902 bits per heavy atom. The number of carbonyl (C=O) groups is 1. The fourth-order valence-electron chi connectivity index (χ4n) is 6.30. The topological polar surface area (TPSA) is 53.8 Å². The normalized spacial score (nSPS) is 18.2. The number of rotatable bonds is 7. The Bertz CT molecular complexity index is 1500. The predicted octanol–water partition coefficient (Wildman–Crippen LogP) is 5.27. The second-order valence-electron chi connectivity index (χ2n) is 11.6. The zero-order valence-corrected chi connectivity index (χ0v) is 24.6. The lowest BCUT2D eigenvalue weighted by Gasteiger charge is -2.39. The first-order valence-corrected chi connectivity index (χ1v) is 14.9. The summed E-state index contributed by atoms with van der Waals surface area (Å²) in [5, 5.41) is 0. The molecule has 7 nitrogen and oxygen atoms in total. The van der Waals surface area contributed by atoms with E-state index in [2.05, 4.69) is 81.6 Å². The number of aryl methyl sites for hydroxylation is 2. The number of carbonyl (C=O) groups excluding carboxylic acids is 1. The zero-order chi connectivity index (χ0) is 28.3. The molecule has 1 atom stereocenters. The summed E-state index contributed by atoms with van der Waals surface area (Å²) in [6.07, 6.45) is 2.01. The molecule has 4 aromatic rings. The molecule has 0 aliphatic carbocycles. The maximum Gasteiger partial charge on any atom is 0.227 e. The Kier molecular flexibility index (Phi) is 7.97. The second-order valence-corrected chi connectivity index (χ2v) is 11.6. The van der Waals surface area contributed by atoms with Crippen LogP contribution in [0, 0.1) is 19.8 Å². The average Bonchev–Trinajstić information content (AvgIpc) is 3.35. The van der Waals surface area contributed by atoms with E-state index >= 15 is 0 Å². The van der Waals surface area contributed by atoms with Gasteiger partial charge in [0.05, 0.1) is 30.6 Å². The average molecular weight is 552 g/mol. The number of likely N-dealkylation sites (tertiary alicyclic amines) is 1. The fourth-order valence-corrected chi connectivity index (χ4v) is 6.30. The lowest BCUT2D eigenvalue weighted by Crippen LogP contribution is -2.52. The Hall–Kier alpha value is -3.84. The highest BCUT2D eigenvalue weighted by atomic mass is 16.5. The van der Waals surface area contributed by atoms with Crippen molar-refractivity contribution in [1.29, 1.82) is 0 Å². The molecule has 214 valence electrons. The Morgan fingerprint density at radius 2 is 1.68 bits per heavy atom. The molecule has 3 aromatic carbocycles. The third-order valence-electron chi connectivity index (χ3n) is 8.90. The quantitative estimate of drug-likeness (QED) is 0.313. The fraction of sp³-hybridized carbons (Fsp3) is 0.412. The van der Waals surface area contributed by atoms with Gasteiger partial charge in [0, 0.05) is 45.0 Å². The van der Waals surface area contributed by atoms with Gasteiger partial charge in [0.25, 0.3) is 0 Å². The number of aromatic nitrogens is 2. The minimum atomic E-state index is 0.0522. The van der Waals surface area contributed by atoms with Crippen LogP contribution in [0.15, 0.2) is 66.7 Å². The molecule has 3 heterocycles. The number of methoxy groups -OCH3 is 1. The number of fused-ring (bicyclic) bond motifs is 1. The van der Waals surface area contributed by atoms with E-state index in [1.54, 1.807) is 7.11 Å². The van der Waals surface area contributed by atoms with Crippen molar-refractivity contribution in [2.75, 3.05) is 51.3 Å². The van der Waals surface area contributed by atoms with Crippen LogP contribution in [0.2, 0.25) is 0 Å². The van der Waals surface area contributed by atoms with Crippen LogP contribution < -0.4 is 9.64 Å². The van der Waals surface area contributed by atoms with E-state index < -0.39 is 0 Å². The van der Waals surface area contributed by atoms with Gasteiger partial charge < -0.3 is 19.1 Å². The molecule has 1 aromatic heterocycles. The summed E-state index contributed by atoms with van der Waals surface area (Å²) in [7, 11) is 1.69. The Balaban J connectivity index is 1.11. The van der Waals surface area contributed by atoms with Gasteiger partial charge in [-0.1, -0.05) is 30.3 Å². The SMILES string of the molecule is COc1ccc(Cn2c(CN3CCC[C@H](C(=O)N4CCN(c5ccc(C)c(C)c5)CC4)C3)nc3ccccc32)cc1. The van der Waals surface area contributed by atoms with Crippen LogP contribution in [0.5, 0.6) is 5.75 Å². The maximum absolute atomic E-state index is 13.6. The van der Waals surface area contributed by atoms with Gasteiger partial charge in [-0.3, -0.25) is 9.69 Å². The standard InChI is InChI=1S/C34H41N5O2/c1-25-10-13-29(21-26(25)2)37-17-19-38(20-18-37)34(40)28-7-6-16-36(23-28)24-33-35-31-8-4-5-9-32(31)39(33)22-27-11-14-30(41-3)15-12-27/h4-5,8-15,21,28H,6-7,16-20,22-24H2,1-3H3/t28-/m0/s1. The van der Waals surface area contributed by atoms with Crippen molar-refractivity contribution in [3.05, 3.63) is 89.2 Å². The molecule has 2 aliphatic heterocycles. The third-order valence-corrected chi connectivity index (χ3v) is 8.90. The Morgan fingerprint density at radius 3 is 2.44 bits per heavy atom. The molecule has 0 radical (unpaired) electrons. The molecule has 2 saturated heterocycles. The van der Waals surface area contributed by atoms with Crippen LogP contribution in [0.1, 0.15) is 35.4 Å². The van der Waals surface area contributed by atoms with Crippen LogP contribution in [-0.2, 0) is 17.9 Å². The van der Waals surface area contributed by atoms with E-state index in [0.717, 1.165) is 87.8 Å². The predicted molar refractivity (Wildman–Crippen MR) is 165 cm³/mol. The van der Waals surface area contributed by atoms with Crippen molar-refractivity contribution in [3.8, 4) is 5.75 Å². The van der Waals surface area contributed by atoms with Crippen molar-refractivity contribution in [1.82, 2.24) is 19.4 Å². The van der Waals surface area contributed by atoms with Gasteiger partial charge in [-0.15, -0.1) is 0 Å². The molecule has 0 bridgehead atoms.